The van der Waals surface area contributed by atoms with E-state index < -0.39 is 8.07 Å². The largest absolute Gasteiger partial charge is 0.289 e. The van der Waals surface area contributed by atoms with Crippen LogP contribution in [0.1, 0.15) is 71.1 Å². The molecule has 0 spiro atoms. The maximum atomic E-state index is 5.48. The van der Waals surface area contributed by atoms with Crippen molar-refractivity contribution in [1.82, 2.24) is 0 Å². The van der Waals surface area contributed by atoms with Crippen molar-refractivity contribution >= 4 is 8.07 Å². The quantitative estimate of drug-likeness (QED) is 0.286. The van der Waals surface area contributed by atoms with E-state index in [2.05, 4.69) is 23.6 Å². The van der Waals surface area contributed by atoms with E-state index in [0.29, 0.717) is 0 Å². The maximum absolute atomic E-state index is 5.48. The second-order valence-electron chi connectivity index (χ2n) is 5.27. The van der Waals surface area contributed by atoms with Crippen molar-refractivity contribution in [2.24, 2.45) is 0 Å². The Bertz CT molecular complexity index is 298. The summed E-state index contributed by atoms with van der Waals surface area (Å²) in [6.45, 7) is 2.26. The molecule has 0 rings (SSSR count). The Morgan fingerprint density at radius 3 is 1.37 bits per heavy atom. The fourth-order valence-electron chi connectivity index (χ4n) is 2.22. The third kappa shape index (κ3) is 8.59. The predicted molar refractivity (Wildman–Crippen MR) is 88.9 cm³/mol. The molecule has 0 fully saturated rings. The highest BCUT2D eigenvalue weighted by Gasteiger charge is 2.25. The third-order valence-corrected chi connectivity index (χ3v) is 6.23. The minimum atomic E-state index is -2.22. The summed E-state index contributed by atoms with van der Waals surface area (Å²) in [6, 6.07) is 0.896. The van der Waals surface area contributed by atoms with Gasteiger partial charge in [-0.05, 0) is 6.04 Å². The molecule has 0 aliphatic rings. The molecular weight excluding hydrogens is 244 g/mol. The van der Waals surface area contributed by atoms with Crippen molar-refractivity contribution in [2.75, 3.05) is 0 Å². The molecule has 0 aromatic carbocycles. The molecule has 19 heavy (non-hydrogen) atoms. The lowest BCUT2D eigenvalue weighted by Gasteiger charge is -2.11. The van der Waals surface area contributed by atoms with Gasteiger partial charge in [-0.2, -0.15) is 0 Å². The van der Waals surface area contributed by atoms with Gasteiger partial charge in [-0.1, -0.05) is 71.1 Å². The molecule has 0 N–H and O–H groups in total. The van der Waals surface area contributed by atoms with Crippen LogP contribution >= 0.6 is 0 Å². The summed E-state index contributed by atoms with van der Waals surface area (Å²) >= 11 is 0. The van der Waals surface area contributed by atoms with Gasteiger partial charge in [0.2, 0.25) is 0 Å². The summed E-state index contributed by atoms with van der Waals surface area (Å²) in [4.78, 5) is 0. The van der Waals surface area contributed by atoms with E-state index in [1.807, 2.05) is 0 Å². The molecule has 0 heterocycles. The van der Waals surface area contributed by atoms with Crippen LogP contribution in [0.2, 0.25) is 6.04 Å². The second kappa shape index (κ2) is 12.0. The van der Waals surface area contributed by atoms with E-state index in [-0.39, 0.29) is 0 Å². The topological polar surface area (TPSA) is 0 Å². The lowest BCUT2D eigenvalue weighted by atomic mass is 10.1. The number of hydrogen-bond donors (Lipinski definition) is 0. The molecule has 0 amide bonds. The summed E-state index contributed by atoms with van der Waals surface area (Å²) in [5.74, 6) is 0. The predicted octanol–water partition coefficient (Wildman–Crippen LogP) is 4.87. The summed E-state index contributed by atoms with van der Waals surface area (Å²) in [5, 5.41) is 0. The van der Waals surface area contributed by atoms with Crippen LogP contribution in [0.5, 0.6) is 0 Å². The highest BCUT2D eigenvalue weighted by atomic mass is 28.3. The Labute approximate surface area is 121 Å². The zero-order valence-corrected chi connectivity index (χ0v) is 13.5. The Morgan fingerprint density at radius 1 is 0.632 bits per heavy atom. The third-order valence-electron chi connectivity index (χ3n) is 3.64. The standard InChI is InChI=1S/C18H28Si/c1-5-9-10-11-12-13-14-15-16-17-18-19(6-2,7-3)8-4/h2-4H,5,9-18H2,1H3. The van der Waals surface area contributed by atoms with Gasteiger partial charge in [0, 0.05) is 0 Å². The van der Waals surface area contributed by atoms with Gasteiger partial charge in [0.25, 0.3) is 8.07 Å². The smallest absolute Gasteiger partial charge is 0.125 e. The zero-order valence-electron chi connectivity index (χ0n) is 12.5. The van der Waals surface area contributed by atoms with Crippen molar-refractivity contribution in [3.8, 4) is 35.9 Å². The van der Waals surface area contributed by atoms with Gasteiger partial charge in [-0.15, -0.1) is 35.9 Å². The summed E-state index contributed by atoms with van der Waals surface area (Å²) in [5.41, 5.74) is 8.14. The first-order valence-electron chi connectivity index (χ1n) is 7.68. The molecule has 0 radical (unpaired) electrons. The monoisotopic (exact) mass is 272 g/mol. The molecule has 0 saturated carbocycles. The SMILES string of the molecule is C#C[Si](C#C)(C#C)CCCCCCCCCCCC. The lowest BCUT2D eigenvalue weighted by Crippen LogP contribution is -2.29. The zero-order chi connectivity index (χ0) is 14.4. The van der Waals surface area contributed by atoms with Gasteiger partial charge < -0.3 is 0 Å². The average Bonchev–Trinajstić information content (AvgIpc) is 2.46. The number of terminal acetylenes is 3. The Kier molecular flexibility index (Phi) is 11.3. The van der Waals surface area contributed by atoms with Crippen LogP contribution in [0.3, 0.4) is 0 Å². The van der Waals surface area contributed by atoms with Crippen LogP contribution < -0.4 is 0 Å². The van der Waals surface area contributed by atoms with Crippen molar-refractivity contribution in [3.05, 3.63) is 0 Å². The van der Waals surface area contributed by atoms with Crippen molar-refractivity contribution in [2.45, 2.75) is 77.2 Å². The fourth-order valence-corrected chi connectivity index (χ4v) is 3.68. The van der Waals surface area contributed by atoms with Gasteiger partial charge in [-0.3, -0.25) is 0 Å². The molecule has 0 aromatic rings. The summed E-state index contributed by atoms with van der Waals surface area (Å²) in [6.07, 6.45) is 29.6. The molecule has 0 bridgehead atoms. The van der Waals surface area contributed by atoms with E-state index in [4.69, 9.17) is 19.3 Å². The minimum absolute atomic E-state index is 0.896. The van der Waals surface area contributed by atoms with Crippen LogP contribution in [0.15, 0.2) is 0 Å². The maximum Gasteiger partial charge on any atom is 0.289 e. The Balaban J connectivity index is 3.45. The van der Waals surface area contributed by atoms with Crippen LogP contribution in [-0.2, 0) is 0 Å². The second-order valence-corrected chi connectivity index (χ2v) is 8.45. The average molecular weight is 273 g/mol. The fraction of sp³-hybridized carbons (Fsp3) is 0.667. The molecule has 0 unspecified atom stereocenters. The van der Waals surface area contributed by atoms with Crippen LogP contribution in [0, 0.1) is 35.9 Å². The van der Waals surface area contributed by atoms with Crippen molar-refractivity contribution in [1.29, 1.82) is 0 Å². The van der Waals surface area contributed by atoms with E-state index >= 15 is 0 Å². The highest BCUT2D eigenvalue weighted by molar-refractivity contribution is 7.00. The lowest BCUT2D eigenvalue weighted by molar-refractivity contribution is 0.562. The number of hydrogen-bond acceptors (Lipinski definition) is 0. The molecule has 0 aromatic heterocycles. The number of rotatable bonds is 11. The van der Waals surface area contributed by atoms with E-state index in [1.165, 1.54) is 57.8 Å². The summed E-state index contributed by atoms with van der Waals surface area (Å²) < 4.78 is 0. The first-order chi connectivity index (χ1) is 9.24. The van der Waals surface area contributed by atoms with E-state index in [1.54, 1.807) is 0 Å². The van der Waals surface area contributed by atoms with Gasteiger partial charge in [-0.25, -0.2) is 0 Å². The molecular formula is C18H28Si. The molecule has 1 heteroatoms. The van der Waals surface area contributed by atoms with E-state index in [9.17, 15) is 0 Å². The molecule has 0 saturated heterocycles. The van der Waals surface area contributed by atoms with Gasteiger partial charge in [0.15, 0.2) is 0 Å². The molecule has 0 aliphatic carbocycles. The normalized spacial score (nSPS) is 10.4. The van der Waals surface area contributed by atoms with Crippen molar-refractivity contribution in [3.63, 3.8) is 0 Å². The first kappa shape index (κ1) is 17.9. The summed E-state index contributed by atoms with van der Waals surface area (Å²) in [7, 11) is -2.22. The minimum Gasteiger partial charge on any atom is -0.125 e. The van der Waals surface area contributed by atoms with Crippen LogP contribution in [0.25, 0.3) is 0 Å². The highest BCUT2D eigenvalue weighted by Crippen LogP contribution is 2.15. The number of unbranched alkanes of at least 4 members (excludes halogenated alkanes) is 9. The van der Waals surface area contributed by atoms with Gasteiger partial charge in [0.05, 0.1) is 0 Å². The molecule has 0 atom stereocenters. The Morgan fingerprint density at radius 2 is 1.00 bits per heavy atom. The van der Waals surface area contributed by atoms with Crippen LogP contribution in [-0.4, -0.2) is 8.07 Å². The molecule has 0 nitrogen and oxygen atoms in total. The molecule has 0 aliphatic heterocycles. The first-order valence-corrected chi connectivity index (χ1v) is 9.88. The Hall–Kier alpha value is -1.10. The van der Waals surface area contributed by atoms with Crippen molar-refractivity contribution < 1.29 is 0 Å². The van der Waals surface area contributed by atoms with Crippen LogP contribution in [0.4, 0.5) is 0 Å². The molecule has 104 valence electrons. The van der Waals surface area contributed by atoms with Gasteiger partial charge in [0.1, 0.15) is 0 Å². The van der Waals surface area contributed by atoms with E-state index in [0.717, 1.165) is 12.5 Å². The van der Waals surface area contributed by atoms with Gasteiger partial charge >= 0.3 is 0 Å².